The molecule has 0 saturated heterocycles. The number of nitrogens with one attached hydrogen (secondary N) is 2. The van der Waals surface area contributed by atoms with E-state index in [0.29, 0.717) is 13.2 Å². The van der Waals surface area contributed by atoms with Crippen molar-refractivity contribution >= 4 is 5.91 Å². The average Bonchev–Trinajstić information content (AvgIpc) is 2.36. The molecule has 0 unspecified atom stereocenters. The number of nitrogens with zero attached hydrogens (tertiary/aromatic N) is 1. The fourth-order valence-corrected chi connectivity index (χ4v) is 1.29. The second-order valence-corrected chi connectivity index (χ2v) is 4.57. The third-order valence-electron chi connectivity index (χ3n) is 2.28. The maximum Gasteiger partial charge on any atom is 0.263 e. The van der Waals surface area contributed by atoms with Crippen molar-refractivity contribution in [2.24, 2.45) is 0 Å². The summed E-state index contributed by atoms with van der Waals surface area (Å²) in [5.41, 5.74) is 0.0978. The van der Waals surface area contributed by atoms with Gasteiger partial charge in [0.1, 0.15) is 11.6 Å². The van der Waals surface area contributed by atoms with E-state index in [1.807, 2.05) is 19.9 Å². The van der Waals surface area contributed by atoms with Gasteiger partial charge in [-0.15, -0.1) is 0 Å². The maximum absolute atomic E-state index is 11.6. The Balaban J connectivity index is 3.77. The van der Waals surface area contributed by atoms with E-state index < -0.39 is 0 Å². The van der Waals surface area contributed by atoms with E-state index >= 15 is 0 Å². The van der Waals surface area contributed by atoms with Crippen LogP contribution in [0.4, 0.5) is 0 Å². The third-order valence-corrected chi connectivity index (χ3v) is 2.28. The molecular weight excluding hydrogens is 242 g/mol. The molecular formula is C14H25N3O2. The summed E-state index contributed by atoms with van der Waals surface area (Å²) in [5.74, 6) is -0.343. The van der Waals surface area contributed by atoms with Gasteiger partial charge in [-0.3, -0.25) is 4.79 Å². The minimum atomic E-state index is -0.343. The van der Waals surface area contributed by atoms with Crippen molar-refractivity contribution in [3.63, 3.8) is 0 Å². The molecule has 0 aliphatic carbocycles. The van der Waals surface area contributed by atoms with Gasteiger partial charge >= 0.3 is 0 Å². The molecule has 0 spiro atoms. The van der Waals surface area contributed by atoms with Gasteiger partial charge < -0.3 is 15.4 Å². The van der Waals surface area contributed by atoms with Crippen molar-refractivity contribution in [2.45, 2.75) is 46.1 Å². The number of hydrogen-bond acceptors (Lipinski definition) is 4. The first-order valence-electron chi connectivity index (χ1n) is 6.84. The second kappa shape index (κ2) is 11.5. The van der Waals surface area contributed by atoms with Crippen LogP contribution in [0.25, 0.3) is 0 Å². The van der Waals surface area contributed by atoms with Gasteiger partial charge in [0.2, 0.25) is 0 Å². The van der Waals surface area contributed by atoms with Gasteiger partial charge in [0.15, 0.2) is 0 Å². The highest BCUT2D eigenvalue weighted by Gasteiger charge is 2.08. The van der Waals surface area contributed by atoms with Gasteiger partial charge in [-0.2, -0.15) is 5.26 Å². The van der Waals surface area contributed by atoms with Gasteiger partial charge in [-0.25, -0.2) is 0 Å². The molecule has 0 aromatic rings. The Morgan fingerprint density at radius 3 is 2.63 bits per heavy atom. The van der Waals surface area contributed by atoms with Crippen molar-refractivity contribution in [3.05, 3.63) is 11.8 Å². The molecule has 2 N–H and O–H groups in total. The molecule has 0 atom stereocenters. The summed E-state index contributed by atoms with van der Waals surface area (Å²) < 4.78 is 5.40. The fraction of sp³-hybridized carbons (Fsp3) is 0.714. The first-order valence-corrected chi connectivity index (χ1v) is 6.84. The fourth-order valence-electron chi connectivity index (χ4n) is 1.29. The summed E-state index contributed by atoms with van der Waals surface area (Å²) in [6.45, 7) is 8.02. The number of amides is 1. The molecule has 0 rings (SSSR count). The van der Waals surface area contributed by atoms with E-state index in [-0.39, 0.29) is 17.5 Å². The maximum atomic E-state index is 11.6. The van der Waals surface area contributed by atoms with Crippen molar-refractivity contribution in [1.29, 1.82) is 5.26 Å². The Morgan fingerprint density at radius 1 is 1.37 bits per heavy atom. The molecule has 0 aliphatic rings. The Morgan fingerprint density at radius 2 is 2.05 bits per heavy atom. The molecule has 0 bridgehead atoms. The van der Waals surface area contributed by atoms with Crippen molar-refractivity contribution in [1.82, 2.24) is 10.6 Å². The highest BCUT2D eigenvalue weighted by molar-refractivity contribution is 5.97. The first kappa shape index (κ1) is 17.5. The van der Waals surface area contributed by atoms with E-state index in [1.165, 1.54) is 6.20 Å². The summed E-state index contributed by atoms with van der Waals surface area (Å²) in [7, 11) is 0. The van der Waals surface area contributed by atoms with Crippen LogP contribution in [-0.4, -0.2) is 31.7 Å². The van der Waals surface area contributed by atoms with E-state index in [1.54, 1.807) is 0 Å². The number of carbonyl (C=O) groups excluding carboxylic acids is 1. The minimum absolute atomic E-state index is 0.0243. The van der Waals surface area contributed by atoms with Gasteiger partial charge in [0.25, 0.3) is 5.91 Å². The summed E-state index contributed by atoms with van der Waals surface area (Å²) in [5, 5.41) is 14.5. The van der Waals surface area contributed by atoms with Gasteiger partial charge in [-0.1, -0.05) is 13.3 Å². The summed E-state index contributed by atoms with van der Waals surface area (Å²) in [6, 6.07) is 1.91. The van der Waals surface area contributed by atoms with Crippen LogP contribution in [0.5, 0.6) is 0 Å². The average molecular weight is 267 g/mol. The molecule has 5 nitrogen and oxygen atoms in total. The molecule has 5 heteroatoms. The van der Waals surface area contributed by atoms with Gasteiger partial charge in [0.05, 0.1) is 0 Å². The zero-order chi connectivity index (χ0) is 14.5. The standard InChI is InChI=1S/C14H25N3O2/c1-4-5-8-19-9-6-7-16-11-13(10-15)14(18)17-12(2)3/h11-12,16H,4-9H2,1-3H3,(H,17,18)/b13-11-. The van der Waals surface area contributed by atoms with Crippen LogP contribution in [-0.2, 0) is 9.53 Å². The predicted octanol–water partition coefficient (Wildman–Crippen LogP) is 1.71. The molecule has 0 saturated carbocycles. The molecule has 0 radical (unpaired) electrons. The van der Waals surface area contributed by atoms with E-state index in [0.717, 1.165) is 25.9 Å². The number of hydrogen-bond donors (Lipinski definition) is 2. The molecule has 0 heterocycles. The normalized spacial score (nSPS) is 11.2. The highest BCUT2D eigenvalue weighted by atomic mass is 16.5. The molecule has 0 aromatic carbocycles. The number of unbranched alkanes of at least 4 members (excludes halogenated alkanes) is 1. The largest absolute Gasteiger partial charge is 0.390 e. The van der Waals surface area contributed by atoms with Gasteiger partial charge in [0, 0.05) is 32.0 Å². The monoisotopic (exact) mass is 267 g/mol. The van der Waals surface area contributed by atoms with Crippen LogP contribution in [0, 0.1) is 11.3 Å². The lowest BCUT2D eigenvalue weighted by molar-refractivity contribution is -0.117. The lowest BCUT2D eigenvalue weighted by atomic mass is 10.2. The smallest absolute Gasteiger partial charge is 0.263 e. The van der Waals surface area contributed by atoms with E-state index in [4.69, 9.17) is 10.00 Å². The van der Waals surface area contributed by atoms with Gasteiger partial charge in [-0.05, 0) is 26.7 Å². The number of ether oxygens (including phenoxy) is 1. The number of carbonyl (C=O) groups is 1. The predicted molar refractivity (Wildman–Crippen MR) is 75.3 cm³/mol. The summed E-state index contributed by atoms with van der Waals surface area (Å²) >= 11 is 0. The zero-order valence-electron chi connectivity index (χ0n) is 12.2. The van der Waals surface area contributed by atoms with Crippen LogP contribution in [0.3, 0.4) is 0 Å². The van der Waals surface area contributed by atoms with Crippen molar-refractivity contribution in [3.8, 4) is 6.07 Å². The lowest BCUT2D eigenvalue weighted by Gasteiger charge is -2.07. The molecule has 0 aliphatic heterocycles. The first-order chi connectivity index (χ1) is 9.11. The minimum Gasteiger partial charge on any atom is -0.390 e. The van der Waals surface area contributed by atoms with Crippen molar-refractivity contribution < 1.29 is 9.53 Å². The second-order valence-electron chi connectivity index (χ2n) is 4.57. The lowest BCUT2D eigenvalue weighted by Crippen LogP contribution is -2.31. The van der Waals surface area contributed by atoms with E-state index in [9.17, 15) is 4.79 Å². The molecule has 108 valence electrons. The van der Waals surface area contributed by atoms with Crippen molar-refractivity contribution in [2.75, 3.05) is 19.8 Å². The number of rotatable bonds is 10. The van der Waals surface area contributed by atoms with Crippen LogP contribution >= 0.6 is 0 Å². The zero-order valence-corrected chi connectivity index (χ0v) is 12.2. The SMILES string of the molecule is CCCCOCCCN/C=C(/C#N)C(=O)NC(C)C. The Bertz CT molecular complexity index is 319. The Labute approximate surface area is 116 Å². The van der Waals surface area contributed by atoms with E-state index in [2.05, 4.69) is 17.6 Å². The van der Waals surface area contributed by atoms with Crippen LogP contribution < -0.4 is 10.6 Å². The number of nitriles is 1. The Kier molecular flexibility index (Phi) is 10.6. The third kappa shape index (κ3) is 10.1. The quantitative estimate of drug-likeness (QED) is 0.359. The van der Waals surface area contributed by atoms with Crippen LogP contribution in [0.2, 0.25) is 0 Å². The topological polar surface area (TPSA) is 74.1 Å². The molecule has 0 fully saturated rings. The van der Waals surface area contributed by atoms with Crippen LogP contribution in [0.15, 0.2) is 11.8 Å². The molecule has 0 aromatic heterocycles. The van der Waals surface area contributed by atoms with Crippen LogP contribution in [0.1, 0.15) is 40.0 Å². The summed E-state index contributed by atoms with van der Waals surface area (Å²) in [4.78, 5) is 11.6. The summed E-state index contributed by atoms with van der Waals surface area (Å²) in [6.07, 6.45) is 4.53. The Hall–Kier alpha value is -1.54. The highest BCUT2D eigenvalue weighted by Crippen LogP contribution is 1.93. The molecule has 19 heavy (non-hydrogen) atoms. The molecule has 1 amide bonds.